The van der Waals surface area contributed by atoms with E-state index in [1.165, 1.54) is 17.2 Å². The van der Waals surface area contributed by atoms with E-state index in [0.29, 0.717) is 11.4 Å². The molecule has 2 amide bonds. The van der Waals surface area contributed by atoms with Crippen molar-refractivity contribution in [3.8, 4) is 22.6 Å². The van der Waals surface area contributed by atoms with Crippen LogP contribution in [0.3, 0.4) is 0 Å². The van der Waals surface area contributed by atoms with Crippen LogP contribution in [-0.4, -0.2) is 17.7 Å². The zero-order valence-corrected chi connectivity index (χ0v) is 21.4. The third kappa shape index (κ3) is 8.98. The van der Waals surface area contributed by atoms with E-state index in [-0.39, 0.29) is 17.7 Å². The van der Waals surface area contributed by atoms with Crippen molar-refractivity contribution < 1.29 is 14.3 Å². The Hall–Kier alpha value is -4.35. The predicted molar refractivity (Wildman–Crippen MR) is 152 cm³/mol. The lowest BCUT2D eigenvalue weighted by Gasteiger charge is -2.07. The first-order valence-corrected chi connectivity index (χ1v) is 12.4. The molecule has 0 saturated carbocycles. The van der Waals surface area contributed by atoms with E-state index in [9.17, 15) is 9.59 Å². The largest absolute Gasteiger partial charge is 0.457 e. The molecule has 6 heteroatoms. The molecule has 0 heterocycles. The number of halogens is 1. The van der Waals surface area contributed by atoms with Gasteiger partial charge >= 0.3 is 0 Å². The monoisotopic (exact) mass is 512 g/mol. The first kappa shape index (κ1) is 27.2. The second-order valence-corrected chi connectivity index (χ2v) is 8.21. The highest BCUT2D eigenvalue weighted by molar-refractivity contribution is 6.29. The van der Waals surface area contributed by atoms with E-state index in [2.05, 4.69) is 48.4 Å². The number of hydrogen-bond donors (Lipinski definition) is 2. The van der Waals surface area contributed by atoms with E-state index < -0.39 is 0 Å². The van der Waals surface area contributed by atoms with Crippen LogP contribution in [0.4, 0.5) is 11.4 Å². The maximum absolute atomic E-state index is 11.2. The molecular formula is C31H29ClN2O3. The Morgan fingerprint density at radius 1 is 0.757 bits per heavy atom. The van der Waals surface area contributed by atoms with Crippen molar-refractivity contribution in [2.45, 2.75) is 13.3 Å². The molecule has 37 heavy (non-hydrogen) atoms. The van der Waals surface area contributed by atoms with Crippen LogP contribution < -0.4 is 15.4 Å². The number of carbonyl (C=O) groups is 2. The summed E-state index contributed by atoms with van der Waals surface area (Å²) in [6, 6.07) is 32.9. The molecular weight excluding hydrogens is 484 g/mol. The quantitative estimate of drug-likeness (QED) is 0.188. The van der Waals surface area contributed by atoms with E-state index in [4.69, 9.17) is 16.3 Å². The van der Waals surface area contributed by atoms with Crippen LogP contribution in [-0.2, 0) is 16.0 Å². The maximum atomic E-state index is 11.2. The van der Waals surface area contributed by atoms with Crippen LogP contribution in [0.1, 0.15) is 12.5 Å². The number of anilines is 2. The van der Waals surface area contributed by atoms with Crippen molar-refractivity contribution >= 4 is 34.8 Å². The van der Waals surface area contributed by atoms with Crippen LogP contribution in [0.5, 0.6) is 11.5 Å². The standard InChI is InChI=1S/C17H17NO.C14H12ClNO2/c1-3-13-5-7-14(8-6-13)15-9-11-16(12-10-15)18-17(19)4-2;15-10-14(17)16-11-6-8-13(9-7-11)18-12-4-2-1-3-5-12/h4-12H,2-3H2,1H3,(H,18,19);1-9H,10H2,(H,16,17). The summed E-state index contributed by atoms with van der Waals surface area (Å²) < 4.78 is 5.63. The number of rotatable bonds is 8. The summed E-state index contributed by atoms with van der Waals surface area (Å²) in [5, 5.41) is 5.39. The molecule has 0 aliphatic heterocycles. The van der Waals surface area contributed by atoms with Crippen molar-refractivity contribution in [1.29, 1.82) is 0 Å². The highest BCUT2D eigenvalue weighted by atomic mass is 35.5. The Morgan fingerprint density at radius 2 is 1.27 bits per heavy atom. The Kier molecular flexibility index (Phi) is 10.5. The van der Waals surface area contributed by atoms with Crippen LogP contribution in [0, 0.1) is 0 Å². The van der Waals surface area contributed by atoms with Gasteiger partial charge in [-0.25, -0.2) is 0 Å². The second-order valence-electron chi connectivity index (χ2n) is 7.94. The van der Waals surface area contributed by atoms with Gasteiger partial charge in [-0.1, -0.05) is 68.1 Å². The van der Waals surface area contributed by atoms with Gasteiger partial charge in [0.05, 0.1) is 0 Å². The van der Waals surface area contributed by atoms with Crippen LogP contribution in [0.2, 0.25) is 0 Å². The van der Waals surface area contributed by atoms with E-state index in [1.54, 1.807) is 24.3 Å². The van der Waals surface area contributed by atoms with E-state index in [0.717, 1.165) is 23.4 Å². The average Bonchev–Trinajstić information content (AvgIpc) is 2.95. The minimum atomic E-state index is -0.228. The van der Waals surface area contributed by atoms with Crippen molar-refractivity contribution in [1.82, 2.24) is 0 Å². The van der Waals surface area contributed by atoms with Gasteiger partial charge in [-0.05, 0) is 77.7 Å². The van der Waals surface area contributed by atoms with Gasteiger partial charge in [0, 0.05) is 11.4 Å². The highest BCUT2D eigenvalue weighted by Gasteiger charge is 2.02. The van der Waals surface area contributed by atoms with Crippen molar-refractivity contribution in [3.05, 3.63) is 121 Å². The Morgan fingerprint density at radius 3 is 1.81 bits per heavy atom. The molecule has 0 spiro atoms. The minimum Gasteiger partial charge on any atom is -0.457 e. The Bertz CT molecular complexity index is 1290. The summed E-state index contributed by atoms with van der Waals surface area (Å²) >= 11 is 5.40. The van der Waals surface area contributed by atoms with Gasteiger partial charge in [0.25, 0.3) is 0 Å². The van der Waals surface area contributed by atoms with Gasteiger partial charge in [0.2, 0.25) is 11.8 Å². The van der Waals surface area contributed by atoms with Crippen LogP contribution >= 0.6 is 11.6 Å². The Balaban J connectivity index is 0.000000206. The number of nitrogens with one attached hydrogen (secondary N) is 2. The number of carbonyl (C=O) groups excluding carboxylic acids is 2. The summed E-state index contributed by atoms with van der Waals surface area (Å²) in [6.45, 7) is 5.57. The van der Waals surface area contributed by atoms with Crippen molar-refractivity contribution in [2.75, 3.05) is 16.5 Å². The molecule has 0 aliphatic carbocycles. The minimum absolute atomic E-state index is 0.0533. The third-order valence-corrected chi connectivity index (χ3v) is 5.51. The number of benzene rings is 4. The molecule has 0 aromatic heterocycles. The number of para-hydroxylation sites is 1. The number of ether oxygens (including phenoxy) is 1. The van der Waals surface area contributed by atoms with Gasteiger partial charge in [-0.15, -0.1) is 11.6 Å². The van der Waals surface area contributed by atoms with Crippen molar-refractivity contribution in [2.24, 2.45) is 0 Å². The first-order valence-electron chi connectivity index (χ1n) is 11.8. The summed E-state index contributed by atoms with van der Waals surface area (Å²) in [5.41, 5.74) is 5.12. The molecule has 0 atom stereocenters. The molecule has 0 saturated heterocycles. The molecule has 188 valence electrons. The Labute approximate surface area is 222 Å². The van der Waals surface area contributed by atoms with Gasteiger partial charge in [-0.3, -0.25) is 9.59 Å². The lowest BCUT2D eigenvalue weighted by molar-refractivity contribution is -0.114. The lowest BCUT2D eigenvalue weighted by Crippen LogP contribution is -2.12. The molecule has 0 radical (unpaired) electrons. The normalized spacial score (nSPS) is 9.89. The molecule has 4 aromatic carbocycles. The lowest BCUT2D eigenvalue weighted by atomic mass is 10.0. The number of hydrogen-bond acceptors (Lipinski definition) is 3. The highest BCUT2D eigenvalue weighted by Crippen LogP contribution is 2.23. The number of amides is 2. The zero-order chi connectivity index (χ0) is 26.5. The SMILES string of the molecule is C=CC(=O)Nc1ccc(-c2ccc(CC)cc2)cc1.O=C(CCl)Nc1ccc(Oc2ccccc2)cc1. The smallest absolute Gasteiger partial charge is 0.247 e. The number of aryl methyl sites for hydroxylation is 1. The van der Waals surface area contributed by atoms with Gasteiger partial charge in [0.1, 0.15) is 17.4 Å². The van der Waals surface area contributed by atoms with Crippen LogP contribution in [0.25, 0.3) is 11.1 Å². The molecule has 4 rings (SSSR count). The summed E-state index contributed by atoms with van der Waals surface area (Å²) in [7, 11) is 0. The first-order chi connectivity index (χ1) is 18.0. The topological polar surface area (TPSA) is 67.4 Å². The molecule has 0 bridgehead atoms. The van der Waals surface area contributed by atoms with E-state index >= 15 is 0 Å². The molecule has 0 aliphatic rings. The zero-order valence-electron chi connectivity index (χ0n) is 20.6. The van der Waals surface area contributed by atoms with Crippen molar-refractivity contribution in [3.63, 3.8) is 0 Å². The van der Waals surface area contributed by atoms with Gasteiger partial charge in [-0.2, -0.15) is 0 Å². The second kappa shape index (κ2) is 14.3. The summed E-state index contributed by atoms with van der Waals surface area (Å²) in [6.07, 6.45) is 2.31. The van der Waals surface area contributed by atoms with E-state index in [1.807, 2.05) is 54.6 Å². The fourth-order valence-corrected chi connectivity index (χ4v) is 3.36. The fourth-order valence-electron chi connectivity index (χ4n) is 3.30. The molecule has 0 unspecified atom stereocenters. The molecule has 5 nitrogen and oxygen atoms in total. The number of alkyl halides is 1. The molecule has 2 N–H and O–H groups in total. The maximum Gasteiger partial charge on any atom is 0.247 e. The third-order valence-electron chi connectivity index (χ3n) is 5.27. The fraction of sp³-hybridized carbons (Fsp3) is 0.0968. The van der Waals surface area contributed by atoms with Gasteiger partial charge in [0.15, 0.2) is 0 Å². The summed E-state index contributed by atoms with van der Waals surface area (Å²) in [5.74, 6) is 1.01. The predicted octanol–water partition coefficient (Wildman–Crippen LogP) is 7.70. The molecule has 0 fully saturated rings. The van der Waals surface area contributed by atoms with Gasteiger partial charge < -0.3 is 15.4 Å². The average molecular weight is 513 g/mol. The van der Waals surface area contributed by atoms with Crippen LogP contribution in [0.15, 0.2) is 116 Å². The summed E-state index contributed by atoms with van der Waals surface area (Å²) in [4.78, 5) is 22.3. The molecule has 4 aromatic rings.